The van der Waals surface area contributed by atoms with E-state index in [9.17, 15) is 5.11 Å². The third-order valence-electron chi connectivity index (χ3n) is 8.17. The predicted octanol–water partition coefficient (Wildman–Crippen LogP) is 7.17. The van der Waals surface area contributed by atoms with Crippen LogP contribution in [-0.4, -0.2) is 35.5 Å². The van der Waals surface area contributed by atoms with Gasteiger partial charge < -0.3 is 14.7 Å². The van der Waals surface area contributed by atoms with Crippen LogP contribution in [0.1, 0.15) is 36.8 Å². The summed E-state index contributed by atoms with van der Waals surface area (Å²) in [6.07, 6.45) is 10.7. The van der Waals surface area contributed by atoms with E-state index in [1.54, 1.807) is 0 Å². The molecule has 0 aromatic heterocycles. The van der Waals surface area contributed by atoms with Crippen molar-refractivity contribution in [2.75, 3.05) is 19.6 Å². The van der Waals surface area contributed by atoms with Gasteiger partial charge in [-0.1, -0.05) is 72.3 Å². The Morgan fingerprint density at radius 3 is 2.58 bits per heavy atom. The Labute approximate surface area is 229 Å². The molecule has 0 aliphatic carbocycles. The van der Waals surface area contributed by atoms with Gasteiger partial charge in [0.05, 0.1) is 11.5 Å². The maximum Gasteiger partial charge on any atom is 0.202 e. The van der Waals surface area contributed by atoms with Crippen LogP contribution in [0, 0.1) is 5.92 Å². The first-order chi connectivity index (χ1) is 18.6. The molecule has 5 heteroatoms. The SMILES string of the molecule is OC1(c2ccc(Cl)cc2)CCN(CCC=C2C=CN=C3Oc4cccc(-c5ccccc5)c4CCC23)CC1. The molecule has 1 N–H and O–H groups in total. The van der Waals surface area contributed by atoms with Gasteiger partial charge in [0.25, 0.3) is 0 Å². The summed E-state index contributed by atoms with van der Waals surface area (Å²) in [5, 5.41) is 11.9. The largest absolute Gasteiger partial charge is 0.442 e. The van der Waals surface area contributed by atoms with Crippen LogP contribution in [0.3, 0.4) is 0 Å². The van der Waals surface area contributed by atoms with Crippen LogP contribution in [0.15, 0.2) is 102 Å². The lowest BCUT2D eigenvalue weighted by Crippen LogP contribution is -2.42. The van der Waals surface area contributed by atoms with E-state index in [2.05, 4.69) is 70.6 Å². The van der Waals surface area contributed by atoms with Gasteiger partial charge in [0.1, 0.15) is 5.75 Å². The quantitative estimate of drug-likeness (QED) is 0.384. The fourth-order valence-electron chi connectivity index (χ4n) is 5.96. The highest BCUT2D eigenvalue weighted by molar-refractivity contribution is 6.30. The summed E-state index contributed by atoms with van der Waals surface area (Å²) in [5.74, 6) is 1.89. The highest BCUT2D eigenvalue weighted by Crippen LogP contribution is 2.38. The van der Waals surface area contributed by atoms with Gasteiger partial charge in [-0.05, 0) is 78.6 Å². The van der Waals surface area contributed by atoms with Crippen molar-refractivity contribution < 1.29 is 9.84 Å². The zero-order valence-corrected chi connectivity index (χ0v) is 22.3. The molecular formula is C33H33ClN2O2. The molecule has 38 heavy (non-hydrogen) atoms. The lowest BCUT2D eigenvalue weighted by Gasteiger charge is -2.38. The van der Waals surface area contributed by atoms with Crippen molar-refractivity contribution in [2.45, 2.75) is 37.7 Å². The molecule has 3 aliphatic rings. The number of nitrogens with zero attached hydrogens (tertiary/aromatic N) is 2. The van der Waals surface area contributed by atoms with Crippen LogP contribution < -0.4 is 4.74 Å². The lowest BCUT2D eigenvalue weighted by atomic mass is 9.84. The average molecular weight is 525 g/mol. The van der Waals surface area contributed by atoms with Crippen molar-refractivity contribution >= 4 is 17.5 Å². The van der Waals surface area contributed by atoms with Gasteiger partial charge >= 0.3 is 0 Å². The van der Waals surface area contributed by atoms with Gasteiger partial charge in [-0.15, -0.1) is 0 Å². The minimum absolute atomic E-state index is 0.173. The number of halogens is 1. The van der Waals surface area contributed by atoms with E-state index in [0.717, 1.165) is 68.9 Å². The summed E-state index contributed by atoms with van der Waals surface area (Å²) in [6.45, 7) is 2.75. The molecule has 1 fully saturated rings. The highest BCUT2D eigenvalue weighted by Gasteiger charge is 2.34. The second-order valence-corrected chi connectivity index (χ2v) is 10.9. The number of benzene rings is 3. The maximum atomic E-state index is 11.2. The Morgan fingerprint density at radius 2 is 1.79 bits per heavy atom. The molecule has 3 aromatic carbocycles. The van der Waals surface area contributed by atoms with Crippen LogP contribution in [0.2, 0.25) is 5.02 Å². The minimum Gasteiger partial charge on any atom is -0.442 e. The molecular weight excluding hydrogens is 492 g/mol. The first kappa shape index (κ1) is 25.1. The van der Waals surface area contributed by atoms with Gasteiger partial charge in [0, 0.05) is 36.4 Å². The third kappa shape index (κ3) is 5.22. The number of aliphatic hydroxyl groups is 1. The molecule has 1 atom stereocenters. The summed E-state index contributed by atoms with van der Waals surface area (Å²) in [7, 11) is 0. The fraction of sp³-hybridized carbons (Fsp3) is 0.303. The van der Waals surface area contributed by atoms with E-state index in [4.69, 9.17) is 16.3 Å². The molecule has 0 bridgehead atoms. The molecule has 0 amide bonds. The van der Waals surface area contributed by atoms with Gasteiger partial charge in [-0.25, -0.2) is 4.99 Å². The number of piperidine rings is 1. The summed E-state index contributed by atoms with van der Waals surface area (Å²) in [6, 6.07) is 24.5. The predicted molar refractivity (Wildman–Crippen MR) is 155 cm³/mol. The second kappa shape index (κ2) is 10.9. The van der Waals surface area contributed by atoms with E-state index < -0.39 is 5.60 Å². The van der Waals surface area contributed by atoms with Crippen LogP contribution in [0.25, 0.3) is 11.1 Å². The van der Waals surface area contributed by atoms with E-state index in [-0.39, 0.29) is 5.92 Å². The van der Waals surface area contributed by atoms with Crippen molar-refractivity contribution in [1.29, 1.82) is 0 Å². The molecule has 0 spiro atoms. The topological polar surface area (TPSA) is 45.1 Å². The van der Waals surface area contributed by atoms with Gasteiger partial charge in [-0.3, -0.25) is 0 Å². The molecule has 0 radical (unpaired) electrons. The summed E-state index contributed by atoms with van der Waals surface area (Å²) in [4.78, 5) is 7.09. The molecule has 6 rings (SSSR count). The molecule has 194 valence electrons. The van der Waals surface area contributed by atoms with Crippen molar-refractivity contribution in [3.8, 4) is 16.9 Å². The standard InChI is InChI=1S/C33H33ClN2O2/c34-27-13-11-26(12-14-27)33(37)18-22-36(23-19-33)21-5-8-25-17-20-35-32-29(25)15-16-30-28(9-4-10-31(30)38-32)24-6-2-1-3-7-24/h1-4,6-14,17,20,29,37H,5,15-16,18-19,21-23H2. The first-order valence-electron chi connectivity index (χ1n) is 13.6. The molecule has 3 heterocycles. The van der Waals surface area contributed by atoms with Crippen LogP contribution in [-0.2, 0) is 12.0 Å². The van der Waals surface area contributed by atoms with E-state index in [0.29, 0.717) is 5.02 Å². The van der Waals surface area contributed by atoms with Crippen molar-refractivity contribution in [2.24, 2.45) is 10.9 Å². The van der Waals surface area contributed by atoms with Crippen LogP contribution in [0.5, 0.6) is 5.75 Å². The number of likely N-dealkylation sites (tertiary alicyclic amines) is 1. The maximum absolute atomic E-state index is 11.2. The van der Waals surface area contributed by atoms with Crippen LogP contribution in [0.4, 0.5) is 0 Å². The Hall–Kier alpha value is -3.18. The minimum atomic E-state index is -0.762. The van der Waals surface area contributed by atoms with Crippen LogP contribution >= 0.6 is 11.6 Å². The zero-order chi connectivity index (χ0) is 26.0. The van der Waals surface area contributed by atoms with Gasteiger partial charge in [0.2, 0.25) is 5.90 Å². The number of hydrogen-bond acceptors (Lipinski definition) is 4. The monoisotopic (exact) mass is 524 g/mol. The average Bonchev–Trinajstić information content (AvgIpc) is 3.15. The number of ether oxygens (including phenoxy) is 1. The Bertz CT molecular complexity index is 1370. The van der Waals surface area contributed by atoms with Crippen molar-refractivity contribution in [3.05, 3.63) is 113 Å². The van der Waals surface area contributed by atoms with E-state index >= 15 is 0 Å². The fourth-order valence-corrected chi connectivity index (χ4v) is 6.09. The molecule has 3 aromatic rings. The van der Waals surface area contributed by atoms with Gasteiger partial charge in [-0.2, -0.15) is 0 Å². The molecule has 4 nitrogen and oxygen atoms in total. The highest BCUT2D eigenvalue weighted by atomic mass is 35.5. The summed E-state index contributed by atoms with van der Waals surface area (Å²) >= 11 is 6.03. The van der Waals surface area contributed by atoms with E-state index in [1.807, 2.05) is 30.5 Å². The van der Waals surface area contributed by atoms with E-state index in [1.165, 1.54) is 22.3 Å². The molecule has 1 saturated heterocycles. The number of hydrogen-bond donors (Lipinski definition) is 1. The number of fused-ring (bicyclic) bond motifs is 2. The number of aliphatic imine (C=N–C) groups is 1. The molecule has 3 aliphatic heterocycles. The van der Waals surface area contributed by atoms with Gasteiger partial charge in [0.15, 0.2) is 0 Å². The lowest BCUT2D eigenvalue weighted by molar-refractivity contribution is -0.0254. The normalized spacial score (nSPS) is 21.7. The molecule has 0 saturated carbocycles. The summed E-state index contributed by atoms with van der Waals surface area (Å²) in [5.41, 5.74) is 5.22. The smallest absolute Gasteiger partial charge is 0.202 e. The zero-order valence-electron chi connectivity index (χ0n) is 21.5. The van der Waals surface area contributed by atoms with Crippen molar-refractivity contribution in [3.63, 3.8) is 0 Å². The third-order valence-corrected chi connectivity index (χ3v) is 8.43. The summed E-state index contributed by atoms with van der Waals surface area (Å²) < 4.78 is 6.43. The van der Waals surface area contributed by atoms with Crippen molar-refractivity contribution in [1.82, 2.24) is 4.90 Å². The molecule has 1 unspecified atom stereocenters. The number of rotatable bonds is 5. The first-order valence-corrected chi connectivity index (χ1v) is 14.0. The number of allylic oxidation sites excluding steroid dienone is 1. The second-order valence-electron chi connectivity index (χ2n) is 10.5. The Morgan fingerprint density at radius 1 is 1.00 bits per heavy atom. The Balaban J connectivity index is 1.10. The Kier molecular flexibility index (Phi) is 7.20.